The fraction of sp³-hybridized carbons (Fsp3) is 0.667. The van der Waals surface area contributed by atoms with E-state index in [1.54, 1.807) is 0 Å². The van der Waals surface area contributed by atoms with Crippen LogP contribution in [-0.2, 0) is 31.7 Å². The maximum atomic E-state index is 13.8. The number of ether oxygens (including phenoxy) is 1. The zero-order valence-electron chi connectivity index (χ0n) is 28.3. The number of nitrogen functional groups attached to an aromatic ring is 1. The van der Waals surface area contributed by atoms with Crippen LogP contribution in [0.5, 0.6) is 0 Å². The Morgan fingerprint density at radius 3 is 2.24 bits per heavy atom. The van der Waals surface area contributed by atoms with Crippen molar-refractivity contribution in [3.63, 3.8) is 0 Å². The second-order valence-corrected chi connectivity index (χ2v) is 26.5. The molecule has 16 heteroatoms. The van der Waals surface area contributed by atoms with Gasteiger partial charge < -0.3 is 19.3 Å². The molecule has 0 radical (unpaired) electrons. The summed E-state index contributed by atoms with van der Waals surface area (Å²) in [5, 5.41) is -0.423. The highest BCUT2D eigenvalue weighted by atomic mass is 35.5. The van der Waals surface area contributed by atoms with E-state index in [1.165, 1.54) is 35.0 Å². The monoisotopic (exact) mass is 719 g/mol. The number of hydrogen-bond donors (Lipinski definition) is 1. The van der Waals surface area contributed by atoms with Gasteiger partial charge in [0.05, 0.1) is 24.3 Å². The van der Waals surface area contributed by atoms with E-state index < -0.39 is 66.6 Å². The Morgan fingerprint density at radius 1 is 1.07 bits per heavy atom. The van der Waals surface area contributed by atoms with E-state index in [0.29, 0.717) is 12.0 Å². The van der Waals surface area contributed by atoms with Crippen LogP contribution in [0.1, 0.15) is 65.9 Å². The molecule has 0 amide bonds. The van der Waals surface area contributed by atoms with Crippen LogP contribution >= 0.6 is 19.4 Å². The van der Waals surface area contributed by atoms with Crippen LogP contribution in [0.4, 0.5) is 10.2 Å². The first-order chi connectivity index (χ1) is 21.0. The first-order valence-electron chi connectivity index (χ1n) is 15.4. The molecule has 2 fully saturated rings. The molecule has 2 aliphatic heterocycles. The van der Waals surface area contributed by atoms with Gasteiger partial charge in [0.25, 0.3) is 0 Å². The van der Waals surface area contributed by atoms with Crippen LogP contribution in [-0.4, -0.2) is 57.7 Å². The minimum Gasteiger partial charge on any atom is -0.408 e. The molecule has 6 atom stereocenters. The molecule has 11 nitrogen and oxygen atoms in total. The summed E-state index contributed by atoms with van der Waals surface area (Å²) in [5.74, 6) is -0.487. The van der Waals surface area contributed by atoms with Crippen molar-refractivity contribution in [1.29, 1.82) is 0 Å². The molecular formula is C30H48ClFN3O8PSi2. The molecule has 0 unspecified atom stereocenters. The van der Waals surface area contributed by atoms with E-state index in [9.17, 15) is 13.8 Å². The molecule has 46 heavy (non-hydrogen) atoms. The summed E-state index contributed by atoms with van der Waals surface area (Å²) in [5.41, 5.74) is 5.75. The van der Waals surface area contributed by atoms with Crippen molar-refractivity contribution < 1.29 is 36.1 Å². The number of rotatable bonds is 9. The highest BCUT2D eigenvalue weighted by Gasteiger charge is 2.55. The van der Waals surface area contributed by atoms with Gasteiger partial charge in [0.15, 0.2) is 22.9 Å². The van der Waals surface area contributed by atoms with Crippen LogP contribution in [0.15, 0.2) is 35.3 Å². The fourth-order valence-corrected chi connectivity index (χ4v) is 8.86. The summed E-state index contributed by atoms with van der Waals surface area (Å²) >= 11 is 5.99. The molecule has 2 aromatic rings. The Labute approximate surface area is 278 Å². The normalized spacial score (nSPS) is 28.0. The van der Waals surface area contributed by atoms with Crippen molar-refractivity contribution in [2.24, 2.45) is 0 Å². The number of aromatic nitrogens is 2. The lowest BCUT2D eigenvalue weighted by molar-refractivity contribution is -0.0592. The molecule has 3 heterocycles. The molecule has 2 saturated heterocycles. The minimum absolute atomic E-state index is 0.0699. The Bertz CT molecular complexity index is 1520. The van der Waals surface area contributed by atoms with Crippen LogP contribution in [0.3, 0.4) is 0 Å². The van der Waals surface area contributed by atoms with Gasteiger partial charge in [0.1, 0.15) is 29.9 Å². The van der Waals surface area contributed by atoms with Crippen LogP contribution in [0, 0.1) is 5.82 Å². The molecule has 0 saturated carbocycles. The number of phosphoric ester groups is 1. The Balaban J connectivity index is 1.69. The summed E-state index contributed by atoms with van der Waals surface area (Å²) in [6.45, 7) is 21.0. The molecule has 1 aromatic carbocycles. The van der Waals surface area contributed by atoms with E-state index in [2.05, 4.69) is 72.7 Å². The minimum atomic E-state index is -4.11. The number of benzene rings is 1. The highest BCUT2D eigenvalue weighted by Crippen LogP contribution is 2.57. The third-order valence-corrected chi connectivity index (χ3v) is 20.2. The van der Waals surface area contributed by atoms with Crippen molar-refractivity contribution in [3.05, 3.63) is 57.3 Å². The molecule has 0 bridgehead atoms. The maximum absolute atomic E-state index is 13.8. The topological polar surface area (TPSA) is 133 Å². The van der Waals surface area contributed by atoms with Gasteiger partial charge in [0, 0.05) is 12.6 Å². The van der Waals surface area contributed by atoms with Gasteiger partial charge in [-0.05, 0) is 60.0 Å². The summed E-state index contributed by atoms with van der Waals surface area (Å²) in [6, 6.07) is 5.71. The predicted octanol–water partition coefficient (Wildman–Crippen LogP) is 7.60. The van der Waals surface area contributed by atoms with Gasteiger partial charge in [-0.25, -0.2) is 13.8 Å². The number of hydrogen-bond acceptors (Lipinski definition) is 10. The van der Waals surface area contributed by atoms with Crippen molar-refractivity contribution in [3.8, 4) is 0 Å². The zero-order chi connectivity index (χ0) is 34.5. The smallest absolute Gasteiger partial charge is 0.408 e. The summed E-state index contributed by atoms with van der Waals surface area (Å²) < 4.78 is 66.8. The third-order valence-electron chi connectivity index (χ3n) is 9.48. The summed E-state index contributed by atoms with van der Waals surface area (Å²) in [6.07, 6.45) is -2.04. The average molecular weight is 720 g/mol. The molecule has 4 rings (SSSR count). The first-order valence-corrected chi connectivity index (χ1v) is 23.1. The average Bonchev–Trinajstić information content (AvgIpc) is 3.23. The molecule has 0 aliphatic carbocycles. The second-order valence-electron chi connectivity index (χ2n) is 14.9. The Morgan fingerprint density at radius 2 is 1.67 bits per heavy atom. The van der Waals surface area contributed by atoms with Crippen molar-refractivity contribution in [2.45, 2.75) is 115 Å². The maximum Gasteiger partial charge on any atom is 0.475 e. The van der Waals surface area contributed by atoms with E-state index in [-0.39, 0.29) is 34.1 Å². The van der Waals surface area contributed by atoms with Crippen LogP contribution < -0.4 is 11.4 Å². The standard InChI is InChI=1S/C30H48ClFN3O8PSi2/c1-29(2,3)45(7,8)42-25-23(18-39-44(37)38-16-14-22(41-44)19-11-12-21(32)20(31)17-19)40-27(35-15-13-24(33)34-28(35)36)26(25)43-46(9,10)30(4,5)6/h11-13,15,17,22-23,25-27H,14,16,18H2,1-10H3,(H2,33,34,36)/t22-,23+,25+,26-,27+,44+/m0/s1. The van der Waals surface area contributed by atoms with E-state index >= 15 is 0 Å². The van der Waals surface area contributed by atoms with Crippen LogP contribution in [0.2, 0.25) is 41.3 Å². The SMILES string of the molecule is CC(C)(C)[Si](C)(C)O[C@H]1[C@H](O[Si](C)(C)C(C)(C)C)[C@@H](CO[P@@]2(=O)OCC[C@@H](c3ccc(F)c(Cl)c3)O2)O[C@H]1n1ccc(N)nc1=O. The predicted molar refractivity (Wildman–Crippen MR) is 180 cm³/mol. The van der Waals surface area contributed by atoms with E-state index in [0.717, 1.165) is 0 Å². The molecule has 2 N–H and O–H groups in total. The van der Waals surface area contributed by atoms with Gasteiger partial charge in [0.2, 0.25) is 0 Å². The lowest BCUT2D eigenvalue weighted by Gasteiger charge is -2.44. The molecule has 1 aromatic heterocycles. The molecule has 0 spiro atoms. The van der Waals surface area contributed by atoms with E-state index in [4.69, 9.17) is 44.5 Å². The zero-order valence-corrected chi connectivity index (χ0v) is 32.0. The van der Waals surface area contributed by atoms with Crippen molar-refractivity contribution in [1.82, 2.24) is 9.55 Å². The summed E-state index contributed by atoms with van der Waals surface area (Å²) in [4.78, 5) is 17.1. The summed E-state index contributed by atoms with van der Waals surface area (Å²) in [7, 11) is -9.07. The molecule has 258 valence electrons. The van der Waals surface area contributed by atoms with Gasteiger partial charge in [-0.15, -0.1) is 0 Å². The van der Waals surface area contributed by atoms with Gasteiger partial charge in [-0.3, -0.25) is 18.1 Å². The second kappa shape index (κ2) is 13.5. The third kappa shape index (κ3) is 8.21. The lowest BCUT2D eigenvalue weighted by atomic mass is 10.1. The number of nitrogens with zero attached hydrogens (tertiary/aromatic N) is 2. The van der Waals surface area contributed by atoms with Crippen molar-refractivity contribution >= 4 is 41.9 Å². The first kappa shape index (κ1) is 37.4. The molecule has 2 aliphatic rings. The van der Waals surface area contributed by atoms with E-state index in [1.807, 2.05) is 0 Å². The molecular weight excluding hydrogens is 672 g/mol. The van der Waals surface area contributed by atoms with Crippen molar-refractivity contribution in [2.75, 3.05) is 18.9 Å². The number of nitrogens with two attached hydrogens (primary N) is 1. The Kier molecular flexibility index (Phi) is 10.9. The quantitative estimate of drug-likeness (QED) is 0.204. The Hall–Kier alpha value is -1.46. The fourth-order valence-electron chi connectivity index (χ4n) is 4.67. The number of halogens is 2. The number of anilines is 1. The van der Waals surface area contributed by atoms with Gasteiger partial charge >= 0.3 is 13.5 Å². The van der Waals surface area contributed by atoms with Gasteiger partial charge in [-0.2, -0.15) is 4.98 Å². The highest BCUT2D eigenvalue weighted by molar-refractivity contribution is 7.48. The number of phosphoric acid groups is 1. The lowest BCUT2D eigenvalue weighted by Crippen LogP contribution is -2.54. The van der Waals surface area contributed by atoms with Crippen LogP contribution in [0.25, 0.3) is 0 Å². The van der Waals surface area contributed by atoms with Gasteiger partial charge in [-0.1, -0.05) is 59.2 Å². The largest absolute Gasteiger partial charge is 0.475 e.